The van der Waals surface area contributed by atoms with Crippen LogP contribution in [-0.2, 0) is 24.4 Å². The van der Waals surface area contributed by atoms with Crippen molar-refractivity contribution in [2.75, 3.05) is 0 Å². The molecule has 0 saturated heterocycles. The molecule has 0 aliphatic rings. The van der Waals surface area contributed by atoms with Gasteiger partial charge in [-0.1, -0.05) is 54.6 Å². The molecule has 5 rings (SSSR count). The van der Waals surface area contributed by atoms with Crippen LogP contribution in [0.15, 0.2) is 104 Å². The van der Waals surface area contributed by atoms with Crippen molar-refractivity contribution in [3.8, 4) is 16.9 Å². The van der Waals surface area contributed by atoms with Crippen LogP contribution in [0.2, 0.25) is 0 Å². The number of nitrogens with zero attached hydrogens (tertiary/aromatic N) is 2. The van der Waals surface area contributed by atoms with Crippen molar-refractivity contribution in [3.63, 3.8) is 0 Å². The minimum atomic E-state index is -0.853. The number of hydrogen-bond acceptors (Lipinski definition) is 3. The Labute approximate surface area is 197 Å². The van der Waals surface area contributed by atoms with Crippen LogP contribution >= 0.6 is 0 Å². The number of carboxylic acids is 1. The average molecular weight is 449 g/mol. The molecule has 0 aliphatic carbocycles. The smallest absolute Gasteiger partial charge is 0.307 e. The number of fused-ring (bicyclic) bond motifs is 1. The molecule has 0 aliphatic heterocycles. The molecule has 5 heteroatoms. The van der Waals surface area contributed by atoms with Crippen molar-refractivity contribution in [2.45, 2.75) is 19.6 Å². The highest BCUT2D eigenvalue weighted by molar-refractivity contribution is 5.88. The van der Waals surface area contributed by atoms with Crippen LogP contribution in [-0.4, -0.2) is 20.6 Å². The summed E-state index contributed by atoms with van der Waals surface area (Å²) in [4.78, 5) is 15.7. The van der Waals surface area contributed by atoms with Gasteiger partial charge in [-0.2, -0.15) is 0 Å². The van der Waals surface area contributed by atoms with E-state index in [0.717, 1.165) is 44.5 Å². The van der Waals surface area contributed by atoms with Gasteiger partial charge in [0.25, 0.3) is 0 Å². The van der Waals surface area contributed by atoms with E-state index in [2.05, 4.69) is 27.8 Å². The first-order valence-corrected chi connectivity index (χ1v) is 11.2. The van der Waals surface area contributed by atoms with Gasteiger partial charge in [0, 0.05) is 36.0 Å². The normalized spacial score (nSPS) is 10.9. The van der Waals surface area contributed by atoms with Gasteiger partial charge in [0.2, 0.25) is 0 Å². The summed E-state index contributed by atoms with van der Waals surface area (Å²) in [6.45, 7) is 1.09. The van der Waals surface area contributed by atoms with Gasteiger partial charge in [-0.25, -0.2) is 0 Å². The van der Waals surface area contributed by atoms with Crippen molar-refractivity contribution >= 4 is 16.9 Å². The van der Waals surface area contributed by atoms with E-state index in [1.165, 1.54) is 0 Å². The van der Waals surface area contributed by atoms with E-state index in [1.807, 2.05) is 79.1 Å². The molecule has 0 bridgehead atoms. The van der Waals surface area contributed by atoms with E-state index in [-0.39, 0.29) is 6.42 Å². The number of pyridine rings is 1. The van der Waals surface area contributed by atoms with Gasteiger partial charge >= 0.3 is 5.97 Å². The number of carbonyl (C=O) groups is 1. The number of carboxylic acid groups (broad SMARTS) is 1. The Morgan fingerprint density at radius 1 is 0.882 bits per heavy atom. The third kappa shape index (κ3) is 4.84. The predicted molar refractivity (Wildman–Crippen MR) is 133 cm³/mol. The summed E-state index contributed by atoms with van der Waals surface area (Å²) >= 11 is 0. The molecule has 168 valence electrons. The van der Waals surface area contributed by atoms with Gasteiger partial charge in [-0.3, -0.25) is 9.78 Å². The van der Waals surface area contributed by atoms with Gasteiger partial charge in [0.15, 0.2) is 0 Å². The van der Waals surface area contributed by atoms with Crippen molar-refractivity contribution in [3.05, 3.63) is 120 Å². The van der Waals surface area contributed by atoms with Gasteiger partial charge < -0.3 is 14.4 Å². The lowest BCUT2D eigenvalue weighted by molar-refractivity contribution is -0.136. The lowest BCUT2D eigenvalue weighted by Crippen LogP contribution is -2.00. The maximum atomic E-state index is 11.5. The first kappa shape index (κ1) is 21.5. The van der Waals surface area contributed by atoms with Crippen LogP contribution < -0.4 is 4.74 Å². The van der Waals surface area contributed by atoms with Crippen molar-refractivity contribution in [1.82, 2.24) is 9.55 Å². The van der Waals surface area contributed by atoms with Crippen molar-refractivity contribution in [1.29, 1.82) is 0 Å². The summed E-state index contributed by atoms with van der Waals surface area (Å²) in [7, 11) is 0. The molecule has 5 nitrogen and oxygen atoms in total. The third-order valence-electron chi connectivity index (χ3n) is 5.80. The van der Waals surface area contributed by atoms with Crippen molar-refractivity contribution < 1.29 is 14.6 Å². The molecular weight excluding hydrogens is 424 g/mol. The summed E-state index contributed by atoms with van der Waals surface area (Å²) < 4.78 is 8.10. The molecule has 3 aromatic carbocycles. The number of hydrogen-bond donors (Lipinski definition) is 1. The molecule has 1 N–H and O–H groups in total. The number of benzene rings is 3. The van der Waals surface area contributed by atoms with E-state index in [9.17, 15) is 9.90 Å². The third-order valence-corrected chi connectivity index (χ3v) is 5.80. The zero-order chi connectivity index (χ0) is 23.3. The fourth-order valence-electron chi connectivity index (χ4n) is 4.19. The SMILES string of the molecule is O=C(O)Cc1cn(Cc2cccc(-c3cccnc3)c2)c2ccc(OCc3ccccc3)cc12. The molecule has 34 heavy (non-hydrogen) atoms. The van der Waals surface area contributed by atoms with Crippen LogP contribution in [0.5, 0.6) is 5.75 Å². The van der Waals surface area contributed by atoms with Gasteiger partial charge in [-0.05, 0) is 58.1 Å². The number of rotatable bonds is 8. The molecule has 2 aromatic heterocycles. The molecule has 5 aromatic rings. The highest BCUT2D eigenvalue weighted by Gasteiger charge is 2.13. The summed E-state index contributed by atoms with van der Waals surface area (Å²) in [5.41, 5.74) is 6.13. The van der Waals surface area contributed by atoms with Gasteiger partial charge in [-0.15, -0.1) is 0 Å². The Morgan fingerprint density at radius 2 is 1.71 bits per heavy atom. The molecule has 0 unspecified atom stereocenters. The second-order valence-corrected chi connectivity index (χ2v) is 8.25. The first-order valence-electron chi connectivity index (χ1n) is 11.2. The van der Waals surface area contributed by atoms with Gasteiger partial charge in [0.05, 0.1) is 6.42 Å². The maximum absolute atomic E-state index is 11.5. The molecule has 0 saturated carbocycles. The van der Waals surface area contributed by atoms with Crippen molar-refractivity contribution in [2.24, 2.45) is 0 Å². The Bertz CT molecular complexity index is 1430. The largest absolute Gasteiger partial charge is 0.489 e. The average Bonchev–Trinajstić information content (AvgIpc) is 3.19. The minimum Gasteiger partial charge on any atom is -0.489 e. The zero-order valence-corrected chi connectivity index (χ0v) is 18.6. The standard InChI is InChI=1S/C29H24N2O3/c32-29(33)15-25-19-31(18-22-8-4-9-23(14-22)24-10-5-13-30-17-24)28-12-11-26(16-27(25)28)34-20-21-6-2-1-3-7-21/h1-14,16-17,19H,15,18,20H2,(H,32,33). The fraction of sp³-hybridized carbons (Fsp3) is 0.103. The molecule has 0 amide bonds. The second kappa shape index (κ2) is 9.63. The number of aliphatic carboxylic acids is 1. The predicted octanol–water partition coefficient (Wildman–Crippen LogP) is 5.96. The highest BCUT2D eigenvalue weighted by atomic mass is 16.5. The van der Waals surface area contributed by atoms with E-state index in [0.29, 0.717) is 13.2 Å². The highest BCUT2D eigenvalue weighted by Crippen LogP contribution is 2.28. The summed E-state index contributed by atoms with van der Waals surface area (Å²) in [6, 6.07) is 28.2. The van der Waals surface area contributed by atoms with Crippen LogP contribution in [0.25, 0.3) is 22.0 Å². The Balaban J connectivity index is 1.45. The lowest BCUT2D eigenvalue weighted by Gasteiger charge is -2.10. The minimum absolute atomic E-state index is 0.0403. The molecule has 0 fully saturated rings. The molecule has 0 spiro atoms. The first-order chi connectivity index (χ1) is 16.7. The Kier molecular flexibility index (Phi) is 6.08. The van der Waals surface area contributed by atoms with E-state index in [4.69, 9.17) is 4.74 Å². The Morgan fingerprint density at radius 3 is 2.50 bits per heavy atom. The zero-order valence-electron chi connectivity index (χ0n) is 18.6. The Hall–Kier alpha value is -4.38. The number of aromatic nitrogens is 2. The maximum Gasteiger partial charge on any atom is 0.307 e. The van der Waals surface area contributed by atoms with Crippen LogP contribution in [0, 0.1) is 0 Å². The lowest BCUT2D eigenvalue weighted by atomic mass is 10.0. The van der Waals surface area contributed by atoms with E-state index < -0.39 is 5.97 Å². The molecular formula is C29H24N2O3. The molecule has 0 atom stereocenters. The van der Waals surface area contributed by atoms with Crippen LogP contribution in [0.1, 0.15) is 16.7 Å². The molecule has 0 radical (unpaired) electrons. The summed E-state index contributed by atoms with van der Waals surface area (Å²) in [5.74, 6) is -0.132. The fourth-order valence-corrected chi connectivity index (χ4v) is 4.19. The van der Waals surface area contributed by atoms with E-state index >= 15 is 0 Å². The second-order valence-electron chi connectivity index (χ2n) is 8.25. The number of ether oxygens (including phenoxy) is 1. The summed E-state index contributed by atoms with van der Waals surface area (Å²) in [6.07, 6.45) is 5.52. The molecule has 2 heterocycles. The topological polar surface area (TPSA) is 64.3 Å². The monoisotopic (exact) mass is 448 g/mol. The van der Waals surface area contributed by atoms with Gasteiger partial charge in [0.1, 0.15) is 12.4 Å². The van der Waals surface area contributed by atoms with Crippen LogP contribution in [0.4, 0.5) is 0 Å². The van der Waals surface area contributed by atoms with Crippen LogP contribution in [0.3, 0.4) is 0 Å². The van der Waals surface area contributed by atoms with E-state index in [1.54, 1.807) is 6.20 Å². The quantitative estimate of drug-likeness (QED) is 0.318. The summed E-state index contributed by atoms with van der Waals surface area (Å²) in [5, 5.41) is 10.4.